The SMILES string of the molecule is Cc1ccc(-c2nn3ccn(Cc4nc(C)no4)c(=O)c3c2CO)cc1. The van der Waals surface area contributed by atoms with Crippen molar-refractivity contribution in [2.24, 2.45) is 0 Å². The molecule has 8 nitrogen and oxygen atoms in total. The number of benzene rings is 1. The van der Waals surface area contributed by atoms with Gasteiger partial charge in [0.1, 0.15) is 12.1 Å². The molecule has 4 aromatic rings. The zero-order chi connectivity index (χ0) is 18.3. The first-order valence-corrected chi connectivity index (χ1v) is 8.14. The average molecular weight is 351 g/mol. The van der Waals surface area contributed by atoms with Gasteiger partial charge in [-0.1, -0.05) is 35.0 Å². The highest BCUT2D eigenvalue weighted by molar-refractivity contribution is 5.72. The summed E-state index contributed by atoms with van der Waals surface area (Å²) in [5.41, 5.74) is 3.12. The molecule has 3 aromatic heterocycles. The first-order valence-electron chi connectivity index (χ1n) is 8.14. The maximum atomic E-state index is 12.9. The molecule has 132 valence electrons. The minimum atomic E-state index is -0.286. The van der Waals surface area contributed by atoms with Crippen LogP contribution in [0.5, 0.6) is 0 Å². The molecule has 0 fully saturated rings. The second-order valence-corrected chi connectivity index (χ2v) is 6.11. The molecule has 0 atom stereocenters. The number of nitrogens with zero attached hydrogens (tertiary/aromatic N) is 5. The molecule has 3 heterocycles. The Morgan fingerprint density at radius 2 is 1.92 bits per heavy atom. The number of aryl methyl sites for hydroxylation is 2. The van der Waals surface area contributed by atoms with Crippen LogP contribution < -0.4 is 5.56 Å². The molecule has 0 radical (unpaired) electrons. The van der Waals surface area contributed by atoms with Gasteiger partial charge in [-0.2, -0.15) is 10.1 Å². The van der Waals surface area contributed by atoms with Crippen molar-refractivity contribution in [2.45, 2.75) is 27.0 Å². The van der Waals surface area contributed by atoms with Crippen LogP contribution in [0.2, 0.25) is 0 Å². The number of hydrogen-bond donors (Lipinski definition) is 1. The molecule has 0 saturated heterocycles. The van der Waals surface area contributed by atoms with E-state index in [1.807, 2.05) is 31.2 Å². The Bertz CT molecular complexity index is 1140. The fraction of sp³-hybridized carbons (Fsp3) is 0.222. The first kappa shape index (κ1) is 16.2. The van der Waals surface area contributed by atoms with Crippen molar-refractivity contribution >= 4 is 5.52 Å². The van der Waals surface area contributed by atoms with Crippen molar-refractivity contribution in [1.29, 1.82) is 0 Å². The smallest absolute Gasteiger partial charge is 0.277 e. The summed E-state index contributed by atoms with van der Waals surface area (Å²) < 4.78 is 8.04. The summed E-state index contributed by atoms with van der Waals surface area (Å²) in [7, 11) is 0. The van der Waals surface area contributed by atoms with E-state index in [2.05, 4.69) is 15.2 Å². The summed E-state index contributed by atoms with van der Waals surface area (Å²) in [4.78, 5) is 17.0. The van der Waals surface area contributed by atoms with E-state index in [0.717, 1.165) is 11.1 Å². The zero-order valence-electron chi connectivity index (χ0n) is 14.4. The molecule has 4 rings (SSSR count). The van der Waals surface area contributed by atoms with Gasteiger partial charge >= 0.3 is 0 Å². The van der Waals surface area contributed by atoms with Gasteiger partial charge < -0.3 is 14.2 Å². The maximum Gasteiger partial charge on any atom is 0.277 e. The Morgan fingerprint density at radius 3 is 2.58 bits per heavy atom. The van der Waals surface area contributed by atoms with E-state index >= 15 is 0 Å². The van der Waals surface area contributed by atoms with E-state index < -0.39 is 0 Å². The predicted octanol–water partition coefficient (Wildman–Crippen LogP) is 1.70. The molecule has 0 aliphatic rings. The Labute approximate surface area is 148 Å². The van der Waals surface area contributed by atoms with Crippen molar-refractivity contribution in [3.05, 3.63) is 69.9 Å². The summed E-state index contributed by atoms with van der Waals surface area (Å²) in [6, 6.07) is 7.79. The van der Waals surface area contributed by atoms with Gasteiger partial charge in [0.05, 0.1) is 12.3 Å². The van der Waals surface area contributed by atoms with E-state index in [1.54, 1.807) is 19.3 Å². The lowest BCUT2D eigenvalue weighted by Gasteiger charge is -2.03. The van der Waals surface area contributed by atoms with E-state index in [9.17, 15) is 9.90 Å². The van der Waals surface area contributed by atoms with Crippen LogP contribution in [0.1, 0.15) is 22.8 Å². The summed E-state index contributed by atoms with van der Waals surface area (Å²) in [5, 5.41) is 18.1. The van der Waals surface area contributed by atoms with Gasteiger partial charge in [-0.15, -0.1) is 0 Å². The molecule has 26 heavy (non-hydrogen) atoms. The van der Waals surface area contributed by atoms with E-state index in [0.29, 0.717) is 28.5 Å². The molecule has 0 spiro atoms. The topological polar surface area (TPSA) is 98.5 Å². The first-order chi connectivity index (χ1) is 12.6. The molecule has 0 bridgehead atoms. The third-order valence-corrected chi connectivity index (χ3v) is 4.22. The quantitative estimate of drug-likeness (QED) is 0.601. The summed E-state index contributed by atoms with van der Waals surface area (Å²) >= 11 is 0. The van der Waals surface area contributed by atoms with Crippen molar-refractivity contribution in [3.8, 4) is 11.3 Å². The zero-order valence-corrected chi connectivity index (χ0v) is 14.4. The Morgan fingerprint density at radius 1 is 1.15 bits per heavy atom. The minimum Gasteiger partial charge on any atom is -0.392 e. The average Bonchev–Trinajstić information content (AvgIpc) is 3.21. The summed E-state index contributed by atoms with van der Waals surface area (Å²) in [5.74, 6) is 0.856. The molecular weight excluding hydrogens is 334 g/mol. The lowest BCUT2D eigenvalue weighted by Crippen LogP contribution is -2.22. The second-order valence-electron chi connectivity index (χ2n) is 6.11. The van der Waals surface area contributed by atoms with E-state index in [1.165, 1.54) is 9.08 Å². The lowest BCUT2D eigenvalue weighted by atomic mass is 10.1. The molecular formula is C18H17N5O3. The number of fused-ring (bicyclic) bond motifs is 1. The van der Waals surface area contributed by atoms with Crippen LogP contribution in [0.25, 0.3) is 16.8 Å². The van der Waals surface area contributed by atoms with E-state index in [-0.39, 0.29) is 18.7 Å². The molecule has 0 aliphatic heterocycles. The fourth-order valence-corrected chi connectivity index (χ4v) is 2.92. The van der Waals surface area contributed by atoms with Gasteiger partial charge in [-0.05, 0) is 13.8 Å². The standard InChI is InChI=1S/C18H17N5O3/c1-11-3-5-13(6-4-11)16-14(10-24)17-18(25)22(7-8-23(17)20-16)9-15-19-12(2)21-26-15/h3-8,24H,9-10H2,1-2H3. The molecule has 0 amide bonds. The van der Waals surface area contributed by atoms with Gasteiger partial charge in [0, 0.05) is 23.5 Å². The summed E-state index contributed by atoms with van der Waals surface area (Å²) in [6.45, 7) is 3.59. The molecule has 1 N–H and O–H groups in total. The third-order valence-electron chi connectivity index (χ3n) is 4.22. The van der Waals surface area contributed by atoms with Crippen LogP contribution in [0.4, 0.5) is 0 Å². The summed E-state index contributed by atoms with van der Waals surface area (Å²) in [6.07, 6.45) is 3.29. The van der Waals surface area contributed by atoms with E-state index in [4.69, 9.17) is 4.52 Å². The van der Waals surface area contributed by atoms with Crippen molar-refractivity contribution < 1.29 is 9.63 Å². The number of aromatic nitrogens is 5. The van der Waals surface area contributed by atoms with Crippen molar-refractivity contribution in [2.75, 3.05) is 0 Å². The van der Waals surface area contributed by atoms with Gasteiger partial charge in [0.15, 0.2) is 5.82 Å². The monoisotopic (exact) mass is 351 g/mol. The van der Waals surface area contributed by atoms with Gasteiger partial charge in [-0.25, -0.2) is 4.52 Å². The molecule has 8 heteroatoms. The van der Waals surface area contributed by atoms with Crippen LogP contribution >= 0.6 is 0 Å². The fourth-order valence-electron chi connectivity index (χ4n) is 2.92. The largest absolute Gasteiger partial charge is 0.392 e. The van der Waals surface area contributed by atoms with Crippen LogP contribution in [-0.2, 0) is 13.2 Å². The van der Waals surface area contributed by atoms with Crippen LogP contribution in [0.3, 0.4) is 0 Å². The third kappa shape index (κ3) is 2.70. The second kappa shape index (κ2) is 6.23. The van der Waals surface area contributed by atoms with Gasteiger partial charge in [0.2, 0.25) is 5.89 Å². The predicted molar refractivity (Wildman–Crippen MR) is 93.7 cm³/mol. The van der Waals surface area contributed by atoms with Gasteiger partial charge in [-0.3, -0.25) is 4.79 Å². The number of aliphatic hydroxyl groups is 1. The number of aliphatic hydroxyl groups excluding tert-OH is 1. The van der Waals surface area contributed by atoms with Crippen LogP contribution in [-0.4, -0.2) is 29.4 Å². The highest BCUT2D eigenvalue weighted by atomic mass is 16.5. The van der Waals surface area contributed by atoms with Gasteiger partial charge in [0.25, 0.3) is 5.56 Å². The Kier molecular flexibility index (Phi) is 3.89. The maximum absolute atomic E-state index is 12.9. The highest BCUT2D eigenvalue weighted by Crippen LogP contribution is 2.25. The normalized spacial score (nSPS) is 11.3. The minimum absolute atomic E-state index is 0.159. The number of rotatable bonds is 4. The molecule has 1 aromatic carbocycles. The Balaban J connectivity index is 1.86. The van der Waals surface area contributed by atoms with Crippen molar-refractivity contribution in [1.82, 2.24) is 24.3 Å². The Hall–Kier alpha value is -3.26. The van der Waals surface area contributed by atoms with Crippen LogP contribution in [0, 0.1) is 13.8 Å². The van der Waals surface area contributed by atoms with Crippen molar-refractivity contribution in [3.63, 3.8) is 0 Å². The highest BCUT2D eigenvalue weighted by Gasteiger charge is 2.18. The molecule has 0 saturated carbocycles. The number of hydrogen-bond acceptors (Lipinski definition) is 6. The van der Waals surface area contributed by atoms with Crippen LogP contribution in [0.15, 0.2) is 46.0 Å². The molecule has 0 unspecified atom stereocenters. The lowest BCUT2D eigenvalue weighted by molar-refractivity contribution is 0.283. The molecule has 0 aliphatic carbocycles.